The molecule has 26 heavy (non-hydrogen) atoms. The van der Waals surface area contributed by atoms with Crippen molar-refractivity contribution in [1.82, 2.24) is 15.5 Å². The van der Waals surface area contributed by atoms with Crippen LogP contribution in [0, 0.1) is 0 Å². The van der Waals surface area contributed by atoms with Gasteiger partial charge in [-0.2, -0.15) is 0 Å². The summed E-state index contributed by atoms with van der Waals surface area (Å²) >= 11 is 0. The summed E-state index contributed by atoms with van der Waals surface area (Å²) < 4.78 is 0. The van der Waals surface area contributed by atoms with Gasteiger partial charge in [0.2, 0.25) is 0 Å². The van der Waals surface area contributed by atoms with Crippen LogP contribution in [0.4, 0.5) is 0 Å². The number of benzene rings is 1. The first kappa shape index (κ1) is 20.4. The van der Waals surface area contributed by atoms with Gasteiger partial charge in [0.1, 0.15) is 0 Å². The summed E-state index contributed by atoms with van der Waals surface area (Å²) in [7, 11) is 0. The van der Waals surface area contributed by atoms with Gasteiger partial charge in [-0.1, -0.05) is 32.0 Å². The zero-order valence-electron chi connectivity index (χ0n) is 16.4. The molecule has 0 fully saturated rings. The van der Waals surface area contributed by atoms with Gasteiger partial charge in [0.25, 0.3) is 0 Å². The zero-order chi connectivity index (χ0) is 18.9. The fourth-order valence-electron chi connectivity index (χ4n) is 3.49. The molecule has 5 heteroatoms. The molecule has 1 aromatic rings. The highest BCUT2D eigenvalue weighted by Crippen LogP contribution is 2.24. The SMILES string of the molecule is CCN(CC)CCCNC(=O)C(=O)NC(C)c1ccc2c(c1)CCCC2. The Labute approximate surface area is 157 Å². The average molecular weight is 360 g/mol. The largest absolute Gasteiger partial charge is 0.348 e. The Morgan fingerprint density at radius 2 is 1.77 bits per heavy atom. The van der Waals surface area contributed by atoms with Crippen molar-refractivity contribution in [3.63, 3.8) is 0 Å². The molecule has 144 valence electrons. The number of nitrogens with zero attached hydrogens (tertiary/aromatic N) is 1. The fraction of sp³-hybridized carbons (Fsp3) is 0.619. The quantitative estimate of drug-likeness (QED) is 0.554. The standard InChI is InChI=1S/C21H33N3O2/c1-4-24(5-2)14-8-13-22-20(25)21(26)23-16(3)18-12-11-17-9-6-7-10-19(17)15-18/h11-12,15-16H,4-10,13-14H2,1-3H3,(H,22,25)(H,23,26). The Balaban J connectivity index is 1.78. The lowest BCUT2D eigenvalue weighted by Crippen LogP contribution is -2.41. The molecule has 0 saturated heterocycles. The molecule has 2 rings (SSSR count). The third-order valence-corrected chi connectivity index (χ3v) is 5.26. The van der Waals surface area contributed by atoms with Crippen molar-refractivity contribution < 1.29 is 9.59 Å². The van der Waals surface area contributed by atoms with Crippen molar-refractivity contribution >= 4 is 11.8 Å². The van der Waals surface area contributed by atoms with Gasteiger partial charge in [0.05, 0.1) is 6.04 Å². The molecule has 2 N–H and O–H groups in total. The van der Waals surface area contributed by atoms with E-state index >= 15 is 0 Å². The predicted molar refractivity (Wildman–Crippen MR) is 105 cm³/mol. The van der Waals surface area contributed by atoms with Crippen molar-refractivity contribution in [3.05, 3.63) is 34.9 Å². The molecule has 1 aromatic carbocycles. The summed E-state index contributed by atoms with van der Waals surface area (Å²) in [5.41, 5.74) is 3.87. The van der Waals surface area contributed by atoms with Crippen LogP contribution in [-0.4, -0.2) is 42.9 Å². The molecule has 0 radical (unpaired) electrons. The monoisotopic (exact) mass is 359 g/mol. The molecule has 1 aliphatic carbocycles. The number of amides is 2. The van der Waals surface area contributed by atoms with Crippen LogP contribution in [0.3, 0.4) is 0 Å². The van der Waals surface area contributed by atoms with Gasteiger partial charge in [-0.15, -0.1) is 0 Å². The molecule has 0 heterocycles. The molecule has 0 spiro atoms. The molecular formula is C21H33N3O2. The minimum absolute atomic E-state index is 0.170. The molecule has 0 aromatic heterocycles. The number of aryl methyl sites for hydroxylation is 2. The smallest absolute Gasteiger partial charge is 0.309 e. The van der Waals surface area contributed by atoms with Crippen LogP contribution in [0.2, 0.25) is 0 Å². The molecule has 0 aliphatic heterocycles. The highest BCUT2D eigenvalue weighted by molar-refractivity contribution is 6.35. The van der Waals surface area contributed by atoms with E-state index < -0.39 is 11.8 Å². The summed E-state index contributed by atoms with van der Waals surface area (Å²) in [4.78, 5) is 26.4. The van der Waals surface area contributed by atoms with Crippen molar-refractivity contribution in [2.75, 3.05) is 26.2 Å². The highest BCUT2D eigenvalue weighted by Gasteiger charge is 2.18. The van der Waals surface area contributed by atoms with E-state index in [1.807, 2.05) is 6.92 Å². The van der Waals surface area contributed by atoms with E-state index in [0.717, 1.165) is 44.5 Å². The number of carbonyl (C=O) groups is 2. The average Bonchev–Trinajstić information content (AvgIpc) is 2.67. The van der Waals surface area contributed by atoms with Crippen LogP contribution in [0.5, 0.6) is 0 Å². The van der Waals surface area contributed by atoms with Gasteiger partial charge < -0.3 is 15.5 Å². The fourth-order valence-corrected chi connectivity index (χ4v) is 3.49. The number of rotatable bonds is 8. The third-order valence-electron chi connectivity index (χ3n) is 5.26. The van der Waals surface area contributed by atoms with Crippen molar-refractivity contribution in [2.45, 2.75) is 58.9 Å². The summed E-state index contributed by atoms with van der Waals surface area (Å²) in [6.07, 6.45) is 5.59. The van der Waals surface area contributed by atoms with E-state index in [1.165, 1.54) is 24.0 Å². The van der Waals surface area contributed by atoms with Gasteiger partial charge in [-0.05, 0) is 75.4 Å². The molecule has 1 unspecified atom stereocenters. The van der Waals surface area contributed by atoms with Gasteiger partial charge in [-0.3, -0.25) is 9.59 Å². The second-order valence-electron chi connectivity index (χ2n) is 7.07. The van der Waals surface area contributed by atoms with Gasteiger partial charge in [-0.25, -0.2) is 0 Å². The third kappa shape index (κ3) is 5.84. The van der Waals surface area contributed by atoms with E-state index in [1.54, 1.807) is 0 Å². The second-order valence-corrected chi connectivity index (χ2v) is 7.07. The van der Waals surface area contributed by atoms with Crippen LogP contribution in [0.15, 0.2) is 18.2 Å². The normalized spacial score (nSPS) is 14.6. The predicted octanol–water partition coefficient (Wildman–Crippen LogP) is 2.59. The van der Waals surface area contributed by atoms with Crippen LogP contribution >= 0.6 is 0 Å². The Morgan fingerprint density at radius 1 is 1.08 bits per heavy atom. The lowest BCUT2D eigenvalue weighted by Gasteiger charge is -2.20. The maximum atomic E-state index is 12.1. The van der Waals surface area contributed by atoms with Crippen molar-refractivity contribution in [3.8, 4) is 0 Å². The second kappa shape index (κ2) is 10.3. The van der Waals surface area contributed by atoms with Crippen LogP contribution in [0.25, 0.3) is 0 Å². The van der Waals surface area contributed by atoms with Crippen LogP contribution in [0.1, 0.15) is 62.8 Å². The number of carbonyl (C=O) groups excluding carboxylic acids is 2. The minimum Gasteiger partial charge on any atom is -0.348 e. The maximum Gasteiger partial charge on any atom is 0.309 e. The number of nitrogens with one attached hydrogen (secondary N) is 2. The van der Waals surface area contributed by atoms with Gasteiger partial charge >= 0.3 is 11.8 Å². The Morgan fingerprint density at radius 3 is 2.46 bits per heavy atom. The van der Waals surface area contributed by atoms with Crippen molar-refractivity contribution in [1.29, 1.82) is 0 Å². The molecule has 1 atom stereocenters. The van der Waals surface area contributed by atoms with E-state index in [2.05, 4.69) is 47.6 Å². The van der Waals surface area contributed by atoms with E-state index in [0.29, 0.717) is 6.54 Å². The van der Waals surface area contributed by atoms with Crippen molar-refractivity contribution in [2.24, 2.45) is 0 Å². The maximum absolute atomic E-state index is 12.1. The zero-order valence-corrected chi connectivity index (χ0v) is 16.4. The summed E-state index contributed by atoms with van der Waals surface area (Å²) in [6.45, 7) is 9.63. The molecule has 0 saturated carbocycles. The topological polar surface area (TPSA) is 61.4 Å². The minimum atomic E-state index is -0.557. The van der Waals surface area contributed by atoms with Gasteiger partial charge in [0.15, 0.2) is 0 Å². The first-order chi connectivity index (χ1) is 12.5. The Kier molecular flexibility index (Phi) is 8.10. The number of hydrogen-bond donors (Lipinski definition) is 2. The molecule has 2 amide bonds. The van der Waals surface area contributed by atoms with E-state index in [4.69, 9.17) is 0 Å². The first-order valence-corrected chi connectivity index (χ1v) is 9.97. The molecule has 0 bridgehead atoms. The lowest BCUT2D eigenvalue weighted by atomic mass is 9.89. The summed E-state index contributed by atoms with van der Waals surface area (Å²) in [5.74, 6) is -1.10. The van der Waals surface area contributed by atoms with Gasteiger partial charge in [0, 0.05) is 6.54 Å². The summed E-state index contributed by atoms with van der Waals surface area (Å²) in [6, 6.07) is 6.24. The first-order valence-electron chi connectivity index (χ1n) is 9.97. The lowest BCUT2D eigenvalue weighted by molar-refractivity contribution is -0.139. The number of fused-ring (bicyclic) bond motifs is 1. The Hall–Kier alpha value is -1.88. The van der Waals surface area contributed by atoms with E-state index in [-0.39, 0.29) is 6.04 Å². The van der Waals surface area contributed by atoms with E-state index in [9.17, 15) is 9.59 Å². The molecule has 1 aliphatic rings. The van der Waals surface area contributed by atoms with Crippen LogP contribution in [-0.2, 0) is 22.4 Å². The molecule has 5 nitrogen and oxygen atoms in total. The highest BCUT2D eigenvalue weighted by atomic mass is 16.2. The molecular weight excluding hydrogens is 326 g/mol. The van der Waals surface area contributed by atoms with Crippen LogP contribution < -0.4 is 10.6 Å². The Bertz CT molecular complexity index is 611. The number of hydrogen-bond acceptors (Lipinski definition) is 3. The summed E-state index contributed by atoms with van der Waals surface area (Å²) in [5, 5.41) is 5.53.